The van der Waals surface area contributed by atoms with Gasteiger partial charge < -0.3 is 15.7 Å². The maximum Gasteiger partial charge on any atom is 0.230 e. The van der Waals surface area contributed by atoms with Gasteiger partial charge in [0.15, 0.2) is 0 Å². The molecule has 2 atom stereocenters. The van der Waals surface area contributed by atoms with Crippen molar-refractivity contribution in [1.29, 1.82) is 0 Å². The molecule has 0 spiro atoms. The molecule has 2 rings (SSSR count). The highest BCUT2D eigenvalue weighted by Crippen LogP contribution is 2.19. The maximum absolute atomic E-state index is 13.6. The highest BCUT2D eigenvalue weighted by molar-refractivity contribution is 9.10. The number of thioether (sulfide) groups is 1. The number of aliphatic hydroxyl groups excluding tert-OH is 1. The molecular weight excluding hydrogens is 359 g/mol. The molecule has 1 saturated heterocycles. The molecule has 1 amide bonds. The number of hydrogen-bond acceptors (Lipinski definition) is 4. The number of amides is 1. The van der Waals surface area contributed by atoms with Gasteiger partial charge in [-0.15, -0.1) is 11.8 Å². The van der Waals surface area contributed by atoms with Gasteiger partial charge in [-0.2, -0.15) is 0 Å². The van der Waals surface area contributed by atoms with Crippen LogP contribution >= 0.6 is 27.7 Å². The fourth-order valence-corrected chi connectivity index (χ4v) is 3.29. The molecule has 0 aliphatic carbocycles. The summed E-state index contributed by atoms with van der Waals surface area (Å²) in [4.78, 5) is 11.7. The third-order valence-electron chi connectivity index (χ3n) is 3.37. The second-order valence-corrected chi connectivity index (χ2v) is 6.92. The fourth-order valence-electron chi connectivity index (χ4n) is 2.12. The van der Waals surface area contributed by atoms with Crippen LogP contribution in [0.4, 0.5) is 4.39 Å². The second kappa shape index (κ2) is 8.12. The minimum Gasteiger partial charge on any atom is -0.391 e. The lowest BCUT2D eigenvalue weighted by atomic mass is 10.1. The molecule has 0 radical (unpaired) electrons. The van der Waals surface area contributed by atoms with Crippen molar-refractivity contribution in [3.8, 4) is 0 Å². The van der Waals surface area contributed by atoms with Crippen molar-refractivity contribution in [1.82, 2.24) is 10.6 Å². The zero-order chi connectivity index (χ0) is 15.2. The van der Waals surface area contributed by atoms with Gasteiger partial charge in [0.25, 0.3) is 0 Å². The molecule has 0 saturated carbocycles. The average Bonchev–Trinajstić information content (AvgIpc) is 2.84. The fraction of sp³-hybridized carbons (Fsp3) is 0.500. The average molecular weight is 377 g/mol. The monoisotopic (exact) mass is 376 g/mol. The quantitative estimate of drug-likeness (QED) is 0.704. The zero-order valence-electron chi connectivity index (χ0n) is 11.4. The summed E-state index contributed by atoms with van der Waals surface area (Å²) in [6.45, 7) is 1.77. The van der Waals surface area contributed by atoms with Crippen LogP contribution in [0.15, 0.2) is 22.7 Å². The van der Waals surface area contributed by atoms with Gasteiger partial charge in [-0.3, -0.25) is 4.79 Å². The van der Waals surface area contributed by atoms with Crippen molar-refractivity contribution in [2.45, 2.75) is 11.9 Å². The minimum atomic E-state index is -0.394. The molecule has 0 aromatic heterocycles. The van der Waals surface area contributed by atoms with Crippen molar-refractivity contribution in [2.75, 3.05) is 25.4 Å². The molecule has 1 aromatic carbocycles. The molecule has 1 aliphatic rings. The Labute approximate surface area is 136 Å². The number of carbonyl (C=O) groups excluding carboxylic acids is 1. The van der Waals surface area contributed by atoms with E-state index in [9.17, 15) is 14.3 Å². The summed E-state index contributed by atoms with van der Waals surface area (Å²) in [7, 11) is 0. The Morgan fingerprint density at radius 1 is 1.52 bits per heavy atom. The van der Waals surface area contributed by atoms with Crippen LogP contribution in [0.25, 0.3) is 0 Å². The zero-order valence-corrected chi connectivity index (χ0v) is 13.8. The molecule has 3 N–H and O–H groups in total. The molecular formula is C14H18BrFN2O2S. The van der Waals surface area contributed by atoms with E-state index in [0.29, 0.717) is 28.9 Å². The van der Waals surface area contributed by atoms with E-state index in [2.05, 4.69) is 26.6 Å². The van der Waals surface area contributed by atoms with Crippen molar-refractivity contribution in [3.63, 3.8) is 0 Å². The Kier molecular flexibility index (Phi) is 6.47. The molecule has 21 heavy (non-hydrogen) atoms. The van der Waals surface area contributed by atoms with E-state index < -0.39 is 6.10 Å². The van der Waals surface area contributed by atoms with Crippen molar-refractivity contribution >= 4 is 33.6 Å². The van der Waals surface area contributed by atoms with Gasteiger partial charge in [-0.05, 0) is 17.7 Å². The largest absolute Gasteiger partial charge is 0.391 e. The first-order chi connectivity index (χ1) is 10.1. The Hall–Kier alpha value is -0.630. The maximum atomic E-state index is 13.6. The van der Waals surface area contributed by atoms with E-state index in [-0.39, 0.29) is 23.4 Å². The summed E-state index contributed by atoms with van der Waals surface area (Å²) in [5, 5.41) is 15.5. The minimum absolute atomic E-state index is 0.0721. The lowest BCUT2D eigenvalue weighted by Crippen LogP contribution is -2.35. The summed E-state index contributed by atoms with van der Waals surface area (Å²) in [5.74, 6) is 0.461. The second-order valence-electron chi connectivity index (χ2n) is 5.02. The third kappa shape index (κ3) is 5.25. The number of β-amino-alcohol motifs (C(OH)–C–C–N with tert-alkyl or cyclic N) is 1. The Bertz CT molecular complexity index is 504. The Morgan fingerprint density at radius 3 is 3.00 bits per heavy atom. The van der Waals surface area contributed by atoms with E-state index in [1.807, 2.05) is 0 Å². The molecule has 1 fully saturated rings. The topological polar surface area (TPSA) is 61.4 Å². The van der Waals surface area contributed by atoms with E-state index in [0.717, 1.165) is 6.54 Å². The third-order valence-corrected chi connectivity index (χ3v) is 4.85. The van der Waals surface area contributed by atoms with Gasteiger partial charge in [0.2, 0.25) is 5.91 Å². The number of carbonyl (C=O) groups is 1. The first-order valence-electron chi connectivity index (χ1n) is 6.73. The van der Waals surface area contributed by atoms with Gasteiger partial charge in [-0.1, -0.05) is 22.0 Å². The predicted octanol–water partition coefficient (Wildman–Crippen LogP) is 1.52. The highest BCUT2D eigenvalue weighted by atomic mass is 79.9. The molecule has 4 nitrogen and oxygen atoms in total. The van der Waals surface area contributed by atoms with Crippen LogP contribution in [-0.4, -0.2) is 42.5 Å². The number of halogens is 2. The molecule has 1 heterocycles. The standard InChI is InChI=1S/C14H18BrFN2O2S/c15-11-2-1-9(12(16)3-11)7-21-8-14(20)18-5-10-4-17-6-13(10)19/h1-3,10,13,17,19H,4-8H2,(H,18,20). The summed E-state index contributed by atoms with van der Waals surface area (Å²) in [5.41, 5.74) is 0.589. The number of hydrogen-bond donors (Lipinski definition) is 3. The number of aliphatic hydroxyl groups is 1. The van der Waals surface area contributed by atoms with Crippen LogP contribution in [0, 0.1) is 11.7 Å². The summed E-state index contributed by atoms with van der Waals surface area (Å²) in [6.07, 6.45) is -0.394. The van der Waals surface area contributed by atoms with Crippen molar-refractivity contribution < 1.29 is 14.3 Å². The Morgan fingerprint density at radius 2 is 2.33 bits per heavy atom. The van der Waals surface area contributed by atoms with Crippen LogP contribution in [0.1, 0.15) is 5.56 Å². The number of benzene rings is 1. The molecule has 1 aromatic rings. The summed E-state index contributed by atoms with van der Waals surface area (Å²) in [6, 6.07) is 4.92. The van der Waals surface area contributed by atoms with Crippen LogP contribution in [0.5, 0.6) is 0 Å². The van der Waals surface area contributed by atoms with Crippen molar-refractivity contribution in [3.05, 3.63) is 34.1 Å². The molecule has 2 unspecified atom stereocenters. The van der Waals surface area contributed by atoms with Crippen LogP contribution in [0.2, 0.25) is 0 Å². The van der Waals surface area contributed by atoms with Gasteiger partial charge in [0, 0.05) is 35.8 Å². The Balaban J connectivity index is 1.67. The first-order valence-corrected chi connectivity index (χ1v) is 8.68. The van der Waals surface area contributed by atoms with Crippen molar-refractivity contribution in [2.24, 2.45) is 5.92 Å². The summed E-state index contributed by atoms with van der Waals surface area (Å²) >= 11 is 4.58. The molecule has 116 valence electrons. The van der Waals surface area contributed by atoms with Crippen LogP contribution in [-0.2, 0) is 10.5 Å². The smallest absolute Gasteiger partial charge is 0.230 e. The lowest BCUT2D eigenvalue weighted by Gasteiger charge is -2.14. The summed E-state index contributed by atoms with van der Waals surface area (Å²) < 4.78 is 14.3. The molecule has 7 heteroatoms. The predicted molar refractivity (Wildman–Crippen MR) is 85.6 cm³/mol. The molecule has 0 bridgehead atoms. The van der Waals surface area contributed by atoms with Gasteiger partial charge >= 0.3 is 0 Å². The van der Waals surface area contributed by atoms with E-state index >= 15 is 0 Å². The van der Waals surface area contributed by atoms with Crippen LogP contribution < -0.4 is 10.6 Å². The normalized spacial score (nSPS) is 21.5. The number of rotatable bonds is 6. The van der Waals surface area contributed by atoms with Gasteiger partial charge in [0.05, 0.1) is 11.9 Å². The highest BCUT2D eigenvalue weighted by Gasteiger charge is 2.24. The van der Waals surface area contributed by atoms with Gasteiger partial charge in [-0.25, -0.2) is 4.39 Å². The van der Waals surface area contributed by atoms with Gasteiger partial charge in [0.1, 0.15) is 5.82 Å². The molecule has 1 aliphatic heterocycles. The van der Waals surface area contributed by atoms with Crippen LogP contribution in [0.3, 0.4) is 0 Å². The lowest BCUT2D eigenvalue weighted by molar-refractivity contribution is -0.118. The first kappa shape index (κ1) is 16.7. The number of nitrogens with one attached hydrogen (secondary N) is 2. The van der Waals surface area contributed by atoms with E-state index in [4.69, 9.17) is 0 Å². The van der Waals surface area contributed by atoms with E-state index in [1.165, 1.54) is 17.8 Å². The SMILES string of the molecule is O=C(CSCc1ccc(Br)cc1F)NCC1CNCC1O. The van der Waals surface area contributed by atoms with E-state index in [1.54, 1.807) is 12.1 Å².